The van der Waals surface area contributed by atoms with Crippen LogP contribution >= 0.6 is 0 Å². The molecule has 0 N–H and O–H groups in total. The van der Waals surface area contributed by atoms with Crippen molar-refractivity contribution in [3.8, 4) is 11.6 Å². The van der Waals surface area contributed by atoms with Gasteiger partial charge in [-0.3, -0.25) is 4.79 Å². The van der Waals surface area contributed by atoms with Gasteiger partial charge in [-0.05, 0) is 42.3 Å². The normalized spacial score (nSPS) is 18.2. The van der Waals surface area contributed by atoms with E-state index in [0.29, 0.717) is 18.1 Å². The summed E-state index contributed by atoms with van der Waals surface area (Å²) in [5, 5.41) is 12.1. The molecule has 1 aliphatic rings. The fraction of sp³-hybridized carbons (Fsp3) is 0.412. The molecule has 0 aliphatic carbocycles. The third kappa shape index (κ3) is 3.33. The van der Waals surface area contributed by atoms with E-state index >= 15 is 0 Å². The molecule has 1 atom stereocenters. The summed E-state index contributed by atoms with van der Waals surface area (Å²) < 4.78 is 10.8. The smallest absolute Gasteiger partial charge is 0.246 e. The fourth-order valence-electron chi connectivity index (χ4n) is 3.21. The number of hydrogen-bond acceptors (Lipinski definition) is 6. The minimum absolute atomic E-state index is 0.0296. The van der Waals surface area contributed by atoms with Crippen molar-refractivity contribution in [1.82, 2.24) is 25.1 Å². The van der Waals surface area contributed by atoms with Gasteiger partial charge in [0.05, 0.1) is 18.6 Å². The number of amides is 1. The molecule has 0 bridgehead atoms. The van der Waals surface area contributed by atoms with E-state index < -0.39 is 0 Å². The lowest BCUT2D eigenvalue weighted by Crippen LogP contribution is -2.37. The first-order chi connectivity index (χ1) is 12.3. The van der Waals surface area contributed by atoms with Gasteiger partial charge in [-0.2, -0.15) is 4.80 Å². The van der Waals surface area contributed by atoms with E-state index in [0.717, 1.165) is 31.4 Å². The Labute approximate surface area is 144 Å². The van der Waals surface area contributed by atoms with Gasteiger partial charge in [0.2, 0.25) is 11.7 Å². The molecule has 4 rings (SSSR count). The van der Waals surface area contributed by atoms with Crippen molar-refractivity contribution in [2.45, 2.75) is 38.3 Å². The summed E-state index contributed by atoms with van der Waals surface area (Å²) in [6.45, 7) is 0.759. The van der Waals surface area contributed by atoms with Crippen LogP contribution in [0, 0.1) is 0 Å². The molecular formula is C17H19N5O3. The molecule has 1 unspecified atom stereocenters. The first-order valence-corrected chi connectivity index (χ1v) is 8.46. The highest BCUT2D eigenvalue weighted by molar-refractivity contribution is 5.76. The zero-order valence-electron chi connectivity index (χ0n) is 13.7. The van der Waals surface area contributed by atoms with Gasteiger partial charge in [0.1, 0.15) is 12.3 Å². The van der Waals surface area contributed by atoms with E-state index in [4.69, 9.17) is 8.83 Å². The molecule has 25 heavy (non-hydrogen) atoms. The molecule has 1 saturated heterocycles. The summed E-state index contributed by atoms with van der Waals surface area (Å²) in [6.07, 6.45) is 7.29. The third-order valence-corrected chi connectivity index (χ3v) is 4.42. The minimum atomic E-state index is -0.0355. The lowest BCUT2D eigenvalue weighted by Gasteiger charge is -2.28. The maximum Gasteiger partial charge on any atom is 0.246 e. The van der Waals surface area contributed by atoms with Crippen LogP contribution in [0.15, 0.2) is 45.6 Å². The van der Waals surface area contributed by atoms with Crippen LogP contribution in [-0.4, -0.2) is 37.6 Å². The molecule has 4 heterocycles. The number of furan rings is 2. The highest BCUT2D eigenvalue weighted by Gasteiger charge is 2.29. The number of carbonyl (C=O) groups excluding carboxylic acids is 1. The zero-order valence-corrected chi connectivity index (χ0v) is 13.7. The highest BCUT2D eigenvalue weighted by Crippen LogP contribution is 2.30. The van der Waals surface area contributed by atoms with Crippen LogP contribution in [0.1, 0.15) is 37.5 Å². The van der Waals surface area contributed by atoms with Gasteiger partial charge in [0, 0.05) is 6.54 Å². The molecule has 0 spiro atoms. The molecule has 1 fully saturated rings. The van der Waals surface area contributed by atoms with Gasteiger partial charge in [0.15, 0.2) is 5.76 Å². The first-order valence-electron chi connectivity index (χ1n) is 8.46. The summed E-state index contributed by atoms with van der Waals surface area (Å²) in [5.41, 5.74) is 0. The van der Waals surface area contributed by atoms with E-state index in [1.54, 1.807) is 24.7 Å². The van der Waals surface area contributed by atoms with Crippen LogP contribution in [0.5, 0.6) is 0 Å². The van der Waals surface area contributed by atoms with Crippen LogP contribution in [0.3, 0.4) is 0 Å². The third-order valence-electron chi connectivity index (χ3n) is 4.42. The molecule has 1 amide bonds. The Morgan fingerprint density at radius 3 is 2.84 bits per heavy atom. The number of rotatable bonds is 4. The Hall–Kier alpha value is -2.90. The lowest BCUT2D eigenvalue weighted by atomic mass is 10.1. The Bertz CT molecular complexity index is 809. The maximum atomic E-state index is 12.9. The second-order valence-corrected chi connectivity index (χ2v) is 6.09. The van der Waals surface area contributed by atoms with Crippen LogP contribution in [0.25, 0.3) is 11.6 Å². The van der Waals surface area contributed by atoms with E-state index in [1.165, 1.54) is 4.80 Å². The number of tetrazole rings is 1. The average Bonchev–Trinajstić information content (AvgIpc) is 3.35. The van der Waals surface area contributed by atoms with Crippen molar-refractivity contribution < 1.29 is 13.6 Å². The second kappa shape index (κ2) is 6.92. The maximum absolute atomic E-state index is 12.9. The molecule has 8 heteroatoms. The van der Waals surface area contributed by atoms with Crippen molar-refractivity contribution in [3.05, 3.63) is 42.6 Å². The number of likely N-dealkylation sites (tertiary alicyclic amines) is 1. The van der Waals surface area contributed by atoms with Gasteiger partial charge >= 0.3 is 0 Å². The van der Waals surface area contributed by atoms with Gasteiger partial charge in [-0.1, -0.05) is 12.8 Å². The predicted molar refractivity (Wildman–Crippen MR) is 87.1 cm³/mol. The molecule has 0 aromatic carbocycles. The lowest BCUT2D eigenvalue weighted by molar-refractivity contribution is -0.135. The number of hydrogen-bond donors (Lipinski definition) is 0. The standard InChI is InChI=1S/C17H19N5O3/c23-16(12-22-19-17(18-20-22)15-8-5-11-25-15)21-9-3-1-2-6-13(21)14-7-4-10-24-14/h4-5,7-8,10-11,13H,1-3,6,9,12H2. The topological polar surface area (TPSA) is 90.2 Å². The fourth-order valence-corrected chi connectivity index (χ4v) is 3.21. The second-order valence-electron chi connectivity index (χ2n) is 6.09. The average molecular weight is 341 g/mol. The van der Waals surface area contributed by atoms with Gasteiger partial charge in [-0.15, -0.1) is 10.2 Å². The summed E-state index contributed by atoms with van der Waals surface area (Å²) in [6, 6.07) is 7.27. The number of aromatic nitrogens is 4. The molecule has 130 valence electrons. The Balaban J connectivity index is 1.50. The van der Waals surface area contributed by atoms with Crippen LogP contribution in [-0.2, 0) is 11.3 Å². The molecule has 1 aliphatic heterocycles. The Morgan fingerprint density at radius 1 is 1.16 bits per heavy atom. The SMILES string of the molecule is O=C(Cn1nnc(-c2ccco2)n1)N1CCCCCC1c1ccco1. The minimum Gasteiger partial charge on any atom is -0.467 e. The van der Waals surface area contributed by atoms with Crippen molar-refractivity contribution in [2.75, 3.05) is 6.54 Å². The molecule has 8 nitrogen and oxygen atoms in total. The molecule has 0 saturated carbocycles. The van der Waals surface area contributed by atoms with E-state index in [9.17, 15) is 4.79 Å². The monoisotopic (exact) mass is 341 g/mol. The van der Waals surface area contributed by atoms with Crippen LogP contribution < -0.4 is 0 Å². The molecule has 3 aromatic rings. The van der Waals surface area contributed by atoms with E-state index in [2.05, 4.69) is 15.4 Å². The molecule has 3 aromatic heterocycles. The highest BCUT2D eigenvalue weighted by atomic mass is 16.3. The van der Waals surface area contributed by atoms with E-state index in [-0.39, 0.29) is 18.5 Å². The Kier molecular flexibility index (Phi) is 4.32. The molecule has 0 radical (unpaired) electrons. The van der Waals surface area contributed by atoms with Crippen LogP contribution in [0.2, 0.25) is 0 Å². The quantitative estimate of drug-likeness (QED) is 0.724. The molecular weight excluding hydrogens is 322 g/mol. The predicted octanol–water partition coefficient (Wildman–Crippen LogP) is 2.67. The van der Waals surface area contributed by atoms with Gasteiger partial charge in [0.25, 0.3) is 0 Å². The first kappa shape index (κ1) is 15.6. The number of carbonyl (C=O) groups is 1. The summed E-state index contributed by atoms with van der Waals surface area (Å²) in [7, 11) is 0. The summed E-state index contributed by atoms with van der Waals surface area (Å²) in [4.78, 5) is 16.0. The Morgan fingerprint density at radius 2 is 2.04 bits per heavy atom. The van der Waals surface area contributed by atoms with Crippen LogP contribution in [0.4, 0.5) is 0 Å². The van der Waals surface area contributed by atoms with Crippen molar-refractivity contribution in [2.24, 2.45) is 0 Å². The number of nitrogens with zero attached hydrogens (tertiary/aromatic N) is 5. The van der Waals surface area contributed by atoms with E-state index in [1.807, 2.05) is 17.0 Å². The van der Waals surface area contributed by atoms with Crippen molar-refractivity contribution >= 4 is 5.91 Å². The van der Waals surface area contributed by atoms with Crippen molar-refractivity contribution in [3.63, 3.8) is 0 Å². The summed E-state index contributed by atoms with van der Waals surface area (Å²) in [5.74, 6) is 1.70. The largest absolute Gasteiger partial charge is 0.467 e. The van der Waals surface area contributed by atoms with Gasteiger partial charge in [-0.25, -0.2) is 0 Å². The zero-order chi connectivity index (χ0) is 17.1. The summed E-state index contributed by atoms with van der Waals surface area (Å²) >= 11 is 0. The van der Waals surface area contributed by atoms with Crippen molar-refractivity contribution in [1.29, 1.82) is 0 Å². The van der Waals surface area contributed by atoms with Gasteiger partial charge < -0.3 is 13.7 Å².